The van der Waals surface area contributed by atoms with Gasteiger partial charge < -0.3 is 14.1 Å². The topological polar surface area (TPSA) is 34.4 Å². The van der Waals surface area contributed by atoms with Crippen LogP contribution < -0.4 is 0 Å². The van der Waals surface area contributed by atoms with Gasteiger partial charge in [-0.25, -0.2) is 0 Å². The van der Waals surface area contributed by atoms with Gasteiger partial charge >= 0.3 is 0 Å². The van der Waals surface area contributed by atoms with E-state index in [9.17, 15) is 5.11 Å². The minimum absolute atomic E-state index is 0.190. The van der Waals surface area contributed by atoms with Crippen LogP contribution in [0, 0.1) is 0 Å². The predicted molar refractivity (Wildman–Crippen MR) is 115 cm³/mol. The fourth-order valence-corrected chi connectivity index (χ4v) is 3.78. The van der Waals surface area contributed by atoms with Gasteiger partial charge in [0, 0.05) is 23.6 Å². The number of nitrogens with zero attached hydrogens (tertiary/aromatic N) is 1. The molecule has 0 bridgehead atoms. The first kappa shape index (κ1) is 20.7. The number of aromatic nitrogens is 1. The number of aliphatic hydroxyl groups is 1. The number of fused-ring (bicyclic) bond motifs is 1. The van der Waals surface area contributed by atoms with E-state index in [1.165, 1.54) is 0 Å². The first-order chi connectivity index (χ1) is 12.0. The van der Waals surface area contributed by atoms with Gasteiger partial charge in [0.2, 0.25) is 0 Å². The molecule has 142 valence electrons. The third-order valence-electron chi connectivity index (χ3n) is 5.70. The fourth-order valence-electron chi connectivity index (χ4n) is 2.84. The summed E-state index contributed by atoms with van der Waals surface area (Å²) >= 11 is 0. The molecule has 0 aliphatic rings. The summed E-state index contributed by atoms with van der Waals surface area (Å²) < 4.78 is 8.58. The Morgan fingerprint density at radius 2 is 1.88 bits per heavy atom. The Labute approximate surface area is 159 Å². The second-order valence-corrected chi connectivity index (χ2v) is 13.3. The van der Waals surface area contributed by atoms with Crippen molar-refractivity contribution in [1.82, 2.24) is 4.57 Å². The number of benzene rings is 1. The standard InChI is InChI=1S/C22H33NO2Si/c1-9-11-21(24)19-13-17-12-18(15-25-26(7,8)22(3,4)5)23(6)20(17)14-16(19)10-2/h9-10,12-14,21,24H,1-2,11,15H2,3-8H3. The van der Waals surface area contributed by atoms with E-state index in [0.29, 0.717) is 13.0 Å². The lowest BCUT2D eigenvalue weighted by atomic mass is 9.98. The van der Waals surface area contributed by atoms with Gasteiger partial charge in [-0.1, -0.05) is 39.5 Å². The molecule has 0 aliphatic carbocycles. The zero-order chi connectivity index (χ0) is 19.7. The van der Waals surface area contributed by atoms with Gasteiger partial charge in [-0.05, 0) is 53.9 Å². The van der Waals surface area contributed by atoms with Crippen molar-refractivity contribution in [3.05, 3.63) is 54.3 Å². The van der Waals surface area contributed by atoms with E-state index >= 15 is 0 Å². The Hall–Kier alpha value is -1.62. The molecule has 1 atom stereocenters. The van der Waals surface area contributed by atoms with E-state index in [0.717, 1.165) is 27.7 Å². The van der Waals surface area contributed by atoms with Gasteiger partial charge in [0.15, 0.2) is 8.32 Å². The maximum atomic E-state index is 10.4. The largest absolute Gasteiger partial charge is 0.411 e. The molecule has 1 unspecified atom stereocenters. The molecule has 1 heterocycles. The Morgan fingerprint density at radius 1 is 1.23 bits per heavy atom. The van der Waals surface area contributed by atoms with Crippen LogP contribution in [0.15, 0.2) is 37.4 Å². The Bertz CT molecular complexity index is 812. The van der Waals surface area contributed by atoms with Crippen LogP contribution >= 0.6 is 0 Å². The normalized spacial score (nSPS) is 13.8. The van der Waals surface area contributed by atoms with Crippen molar-refractivity contribution in [3.8, 4) is 0 Å². The molecule has 0 amide bonds. The van der Waals surface area contributed by atoms with Crippen molar-refractivity contribution in [2.24, 2.45) is 7.05 Å². The molecule has 26 heavy (non-hydrogen) atoms. The maximum absolute atomic E-state index is 10.4. The van der Waals surface area contributed by atoms with Gasteiger partial charge in [-0.2, -0.15) is 0 Å². The molecular formula is C22H33NO2Si. The highest BCUT2D eigenvalue weighted by Gasteiger charge is 2.37. The summed E-state index contributed by atoms with van der Waals surface area (Å²) in [5, 5.41) is 11.7. The van der Waals surface area contributed by atoms with Gasteiger partial charge in [0.25, 0.3) is 0 Å². The second-order valence-electron chi connectivity index (χ2n) is 8.53. The molecule has 1 aromatic heterocycles. The van der Waals surface area contributed by atoms with Crippen molar-refractivity contribution >= 4 is 25.3 Å². The van der Waals surface area contributed by atoms with Gasteiger partial charge in [-0.15, -0.1) is 6.58 Å². The van der Waals surface area contributed by atoms with E-state index in [-0.39, 0.29) is 5.04 Å². The molecule has 0 saturated heterocycles. The van der Waals surface area contributed by atoms with Crippen LogP contribution in [-0.4, -0.2) is 18.0 Å². The van der Waals surface area contributed by atoms with Crippen molar-refractivity contribution < 1.29 is 9.53 Å². The summed E-state index contributed by atoms with van der Waals surface area (Å²) in [6.07, 6.45) is 3.52. The SMILES string of the molecule is C=CCC(O)c1cc2cc(CO[Si](C)(C)C(C)(C)C)n(C)c2cc1C=C. The quantitative estimate of drug-likeness (QED) is 0.482. The van der Waals surface area contributed by atoms with Crippen LogP contribution in [0.25, 0.3) is 17.0 Å². The Kier molecular flexibility index (Phi) is 6.01. The Balaban J connectivity index is 2.40. The van der Waals surface area contributed by atoms with E-state index in [1.807, 2.05) is 0 Å². The molecule has 0 saturated carbocycles. The van der Waals surface area contributed by atoms with Gasteiger partial charge in [0.1, 0.15) is 0 Å². The number of rotatable bonds is 7. The Morgan fingerprint density at radius 3 is 2.42 bits per heavy atom. The van der Waals surface area contributed by atoms with E-state index < -0.39 is 14.4 Å². The lowest BCUT2D eigenvalue weighted by Crippen LogP contribution is -2.40. The highest BCUT2D eigenvalue weighted by Crippen LogP contribution is 2.37. The van der Waals surface area contributed by atoms with Gasteiger partial charge in [0.05, 0.1) is 12.7 Å². The predicted octanol–water partition coefficient (Wildman–Crippen LogP) is 5.95. The zero-order valence-corrected chi connectivity index (χ0v) is 18.1. The molecule has 3 nitrogen and oxygen atoms in total. The summed E-state index contributed by atoms with van der Waals surface area (Å²) in [7, 11) is 0.271. The third kappa shape index (κ3) is 4.03. The van der Waals surface area contributed by atoms with Crippen LogP contribution in [0.5, 0.6) is 0 Å². The highest BCUT2D eigenvalue weighted by atomic mass is 28.4. The molecule has 0 fully saturated rings. The zero-order valence-electron chi connectivity index (χ0n) is 17.1. The first-order valence-electron chi connectivity index (χ1n) is 9.19. The highest BCUT2D eigenvalue weighted by molar-refractivity contribution is 6.74. The number of hydrogen-bond donors (Lipinski definition) is 1. The molecule has 2 aromatic rings. The minimum Gasteiger partial charge on any atom is -0.411 e. The lowest BCUT2D eigenvalue weighted by Gasteiger charge is -2.36. The molecule has 0 spiro atoms. The average molecular weight is 372 g/mol. The number of aliphatic hydroxyl groups excluding tert-OH is 1. The molecule has 2 rings (SSSR count). The monoisotopic (exact) mass is 371 g/mol. The van der Waals surface area contributed by atoms with Crippen molar-refractivity contribution in [2.75, 3.05) is 0 Å². The molecular weight excluding hydrogens is 338 g/mol. The van der Waals surface area contributed by atoms with Gasteiger partial charge in [-0.3, -0.25) is 0 Å². The lowest BCUT2D eigenvalue weighted by molar-refractivity contribution is 0.181. The van der Waals surface area contributed by atoms with Crippen LogP contribution in [-0.2, 0) is 18.1 Å². The molecule has 1 aromatic carbocycles. The van der Waals surface area contributed by atoms with Crippen LogP contribution in [0.4, 0.5) is 0 Å². The summed E-state index contributed by atoms with van der Waals surface area (Å²) in [6, 6.07) is 6.33. The summed E-state index contributed by atoms with van der Waals surface area (Å²) in [5.74, 6) is 0. The molecule has 0 radical (unpaired) electrons. The van der Waals surface area contributed by atoms with E-state index in [2.05, 4.69) is 76.8 Å². The average Bonchev–Trinajstić information content (AvgIpc) is 2.86. The fraction of sp³-hybridized carbons (Fsp3) is 0.455. The van der Waals surface area contributed by atoms with Crippen LogP contribution in [0.2, 0.25) is 18.1 Å². The van der Waals surface area contributed by atoms with Crippen LogP contribution in [0.1, 0.15) is 50.1 Å². The maximum Gasteiger partial charge on any atom is 0.192 e. The smallest absolute Gasteiger partial charge is 0.192 e. The van der Waals surface area contributed by atoms with E-state index in [4.69, 9.17) is 4.43 Å². The minimum atomic E-state index is -1.80. The van der Waals surface area contributed by atoms with Crippen LogP contribution in [0.3, 0.4) is 0 Å². The van der Waals surface area contributed by atoms with Crippen molar-refractivity contribution in [1.29, 1.82) is 0 Å². The molecule has 4 heteroatoms. The number of hydrogen-bond acceptors (Lipinski definition) is 2. The summed E-state index contributed by atoms with van der Waals surface area (Å²) in [5.41, 5.74) is 4.14. The van der Waals surface area contributed by atoms with E-state index in [1.54, 1.807) is 12.2 Å². The van der Waals surface area contributed by atoms with Crippen molar-refractivity contribution in [3.63, 3.8) is 0 Å². The molecule has 0 aliphatic heterocycles. The number of aryl methyl sites for hydroxylation is 1. The second kappa shape index (κ2) is 7.55. The van der Waals surface area contributed by atoms with Crippen molar-refractivity contribution in [2.45, 2.75) is 58.0 Å². The third-order valence-corrected chi connectivity index (χ3v) is 10.2. The summed E-state index contributed by atoms with van der Waals surface area (Å²) in [4.78, 5) is 0. The molecule has 1 N–H and O–H groups in total. The first-order valence-corrected chi connectivity index (χ1v) is 12.1. The summed E-state index contributed by atoms with van der Waals surface area (Å²) in [6.45, 7) is 19.6.